The highest BCUT2D eigenvalue weighted by Gasteiger charge is 2.40. The van der Waals surface area contributed by atoms with Crippen molar-refractivity contribution in [3.8, 4) is 0 Å². The Bertz CT molecular complexity index is 986. The van der Waals surface area contributed by atoms with Crippen LogP contribution in [0.1, 0.15) is 51.3 Å². The smallest absolute Gasteiger partial charge is 0.192 e. The third-order valence-electron chi connectivity index (χ3n) is 8.12. The average molecular weight is 564 g/mol. The Kier molecular flexibility index (Phi) is 11.9. The van der Waals surface area contributed by atoms with E-state index in [1.807, 2.05) is 11.8 Å². The Hall–Kier alpha value is -1.89. The lowest BCUT2D eigenvalue weighted by Gasteiger charge is -2.39. The van der Waals surface area contributed by atoms with Crippen molar-refractivity contribution in [1.82, 2.24) is 4.90 Å². The molecule has 0 fully saturated rings. The molecule has 3 aromatic rings. The van der Waals surface area contributed by atoms with Gasteiger partial charge in [-0.1, -0.05) is 126 Å². The highest BCUT2D eigenvalue weighted by molar-refractivity contribution is 8.00. The zero-order valence-electron chi connectivity index (χ0n) is 25.2. The van der Waals surface area contributed by atoms with Gasteiger partial charge < -0.3 is 14.1 Å². The quantitative estimate of drug-likeness (QED) is 0.137. The number of rotatable bonds is 15. The Balaban J connectivity index is 1.96. The minimum atomic E-state index is -1.91. The first-order chi connectivity index (χ1) is 18.6. The molecule has 0 bridgehead atoms. The Morgan fingerprint density at radius 3 is 1.56 bits per heavy atom. The van der Waals surface area contributed by atoms with Crippen LogP contribution in [0.2, 0.25) is 18.1 Å². The van der Waals surface area contributed by atoms with Crippen LogP contribution >= 0.6 is 11.8 Å². The maximum Gasteiger partial charge on any atom is 0.192 e. The summed E-state index contributed by atoms with van der Waals surface area (Å²) in [7, 11) is -1.91. The van der Waals surface area contributed by atoms with E-state index in [0.29, 0.717) is 13.2 Å². The molecule has 1 atom stereocenters. The molecule has 0 aliphatic heterocycles. The van der Waals surface area contributed by atoms with Crippen LogP contribution in [-0.2, 0) is 13.9 Å². The van der Waals surface area contributed by atoms with E-state index in [9.17, 15) is 0 Å². The maximum absolute atomic E-state index is 6.74. The van der Waals surface area contributed by atoms with Crippen molar-refractivity contribution in [1.29, 1.82) is 0 Å². The highest BCUT2D eigenvalue weighted by Crippen LogP contribution is 2.49. The minimum Gasteiger partial charge on any atom is -0.414 e. The zero-order chi connectivity index (χ0) is 28.4. The van der Waals surface area contributed by atoms with E-state index in [4.69, 9.17) is 9.16 Å². The van der Waals surface area contributed by atoms with Gasteiger partial charge in [0.15, 0.2) is 8.32 Å². The summed E-state index contributed by atoms with van der Waals surface area (Å²) in [6, 6.07) is 32.7. The van der Waals surface area contributed by atoms with E-state index in [-0.39, 0.29) is 15.9 Å². The Labute approximate surface area is 243 Å². The molecule has 0 N–H and O–H groups in total. The van der Waals surface area contributed by atoms with Crippen molar-refractivity contribution in [2.45, 2.75) is 63.6 Å². The molecule has 0 saturated heterocycles. The fourth-order valence-corrected chi connectivity index (χ4v) is 7.11. The molecule has 212 valence electrons. The molecule has 0 radical (unpaired) electrons. The first-order valence-electron chi connectivity index (χ1n) is 14.4. The average Bonchev–Trinajstić information content (AvgIpc) is 2.95. The van der Waals surface area contributed by atoms with Crippen LogP contribution in [0.4, 0.5) is 0 Å². The summed E-state index contributed by atoms with van der Waals surface area (Å²) >= 11 is 1.96. The van der Waals surface area contributed by atoms with Crippen molar-refractivity contribution < 1.29 is 9.16 Å². The minimum absolute atomic E-state index is 0.00445. The van der Waals surface area contributed by atoms with Crippen LogP contribution < -0.4 is 0 Å². The number of likely N-dealkylation sites (N-methyl/N-ethyl adjacent to an activating group) is 1. The molecule has 0 aliphatic rings. The number of benzene rings is 3. The Morgan fingerprint density at radius 1 is 0.744 bits per heavy atom. The molecule has 0 aromatic heterocycles. The van der Waals surface area contributed by atoms with Crippen molar-refractivity contribution in [3.63, 3.8) is 0 Å². The van der Waals surface area contributed by atoms with Gasteiger partial charge in [0, 0.05) is 12.3 Å². The van der Waals surface area contributed by atoms with Gasteiger partial charge in [-0.2, -0.15) is 0 Å². The first-order valence-corrected chi connectivity index (χ1v) is 18.3. The largest absolute Gasteiger partial charge is 0.414 e. The molecule has 0 aliphatic carbocycles. The van der Waals surface area contributed by atoms with E-state index < -0.39 is 8.32 Å². The monoisotopic (exact) mass is 563 g/mol. The van der Waals surface area contributed by atoms with Gasteiger partial charge in [-0.15, -0.1) is 11.8 Å². The number of hydrogen-bond acceptors (Lipinski definition) is 4. The van der Waals surface area contributed by atoms with Crippen LogP contribution in [0.5, 0.6) is 0 Å². The third-order valence-corrected chi connectivity index (χ3v) is 14.3. The van der Waals surface area contributed by atoms with Crippen molar-refractivity contribution >= 4 is 20.1 Å². The molecule has 3 aromatic carbocycles. The normalized spacial score (nSPS) is 13.5. The van der Waals surface area contributed by atoms with Gasteiger partial charge in [0.1, 0.15) is 0 Å². The van der Waals surface area contributed by atoms with Gasteiger partial charge in [-0.3, -0.25) is 0 Å². The Morgan fingerprint density at radius 2 is 1.18 bits per heavy atom. The molecule has 0 spiro atoms. The van der Waals surface area contributed by atoms with Crippen LogP contribution in [0.3, 0.4) is 0 Å². The van der Waals surface area contributed by atoms with Crippen LogP contribution in [-0.4, -0.2) is 57.9 Å². The second-order valence-corrected chi connectivity index (χ2v) is 17.7. The zero-order valence-corrected chi connectivity index (χ0v) is 27.0. The fraction of sp³-hybridized carbons (Fsp3) is 0.471. The van der Waals surface area contributed by atoms with E-state index >= 15 is 0 Å². The van der Waals surface area contributed by atoms with E-state index in [1.165, 1.54) is 16.7 Å². The molecular weight excluding hydrogens is 515 g/mol. The van der Waals surface area contributed by atoms with Crippen molar-refractivity contribution in [2.75, 3.05) is 38.6 Å². The van der Waals surface area contributed by atoms with Crippen molar-refractivity contribution in [2.24, 2.45) is 0 Å². The molecule has 0 amide bonds. The lowest BCUT2D eigenvalue weighted by Crippen LogP contribution is -2.44. The highest BCUT2D eigenvalue weighted by atomic mass is 32.2. The van der Waals surface area contributed by atoms with Gasteiger partial charge in [-0.25, -0.2) is 0 Å². The SMILES string of the molecule is CCN(CC)CCO[C@@H](CO[Si](C)(C)C(C)(C)C)CSC(c1ccccc1)(c1ccccc1)c1ccccc1. The predicted molar refractivity (Wildman–Crippen MR) is 172 cm³/mol. The summed E-state index contributed by atoms with van der Waals surface area (Å²) in [4.78, 5) is 2.42. The molecular formula is C34H49NO2SSi. The number of nitrogens with zero attached hydrogens (tertiary/aromatic N) is 1. The van der Waals surface area contributed by atoms with Crippen molar-refractivity contribution in [3.05, 3.63) is 108 Å². The lowest BCUT2D eigenvalue weighted by molar-refractivity contribution is 0.0208. The van der Waals surface area contributed by atoms with Gasteiger partial charge >= 0.3 is 0 Å². The molecule has 3 rings (SSSR count). The van der Waals surface area contributed by atoms with Gasteiger partial charge in [0.2, 0.25) is 0 Å². The molecule has 0 heterocycles. The second-order valence-electron chi connectivity index (χ2n) is 11.7. The summed E-state index contributed by atoms with van der Waals surface area (Å²) in [6.07, 6.45) is -0.00445. The van der Waals surface area contributed by atoms with Crippen LogP contribution in [0, 0.1) is 0 Å². The molecule has 39 heavy (non-hydrogen) atoms. The predicted octanol–water partition coefficient (Wildman–Crippen LogP) is 8.46. The van der Waals surface area contributed by atoms with Gasteiger partial charge in [0.05, 0.1) is 24.1 Å². The molecule has 5 heteroatoms. The van der Waals surface area contributed by atoms with Crippen LogP contribution in [0.15, 0.2) is 91.0 Å². The summed E-state index contributed by atoms with van der Waals surface area (Å²) in [5, 5.41) is 0.161. The topological polar surface area (TPSA) is 21.7 Å². The third kappa shape index (κ3) is 8.31. The number of thioether (sulfide) groups is 1. The maximum atomic E-state index is 6.74. The van der Waals surface area contributed by atoms with Gasteiger partial charge in [0.25, 0.3) is 0 Å². The number of ether oxygens (including phenoxy) is 1. The summed E-state index contributed by atoms with van der Waals surface area (Å²) in [5.41, 5.74) is 3.83. The molecule has 0 unspecified atom stereocenters. The van der Waals surface area contributed by atoms with E-state index in [2.05, 4.69) is 144 Å². The van der Waals surface area contributed by atoms with E-state index in [1.54, 1.807) is 0 Å². The second kappa shape index (κ2) is 14.7. The fourth-order valence-electron chi connectivity index (χ4n) is 4.54. The summed E-state index contributed by atoms with van der Waals surface area (Å²) in [6.45, 7) is 20.3. The summed E-state index contributed by atoms with van der Waals surface area (Å²) < 4.78 is 13.0. The number of hydrogen-bond donors (Lipinski definition) is 0. The summed E-state index contributed by atoms with van der Waals surface area (Å²) in [5.74, 6) is 0.825. The van der Waals surface area contributed by atoms with Gasteiger partial charge in [-0.05, 0) is 47.9 Å². The van der Waals surface area contributed by atoms with E-state index in [0.717, 1.165) is 25.4 Å². The lowest BCUT2D eigenvalue weighted by atomic mass is 9.84. The van der Waals surface area contributed by atoms with Crippen LogP contribution in [0.25, 0.3) is 0 Å². The molecule has 0 saturated carbocycles. The molecule has 3 nitrogen and oxygen atoms in total. The standard InChI is InChI=1S/C34H49NO2SSi/c1-8-35(9-2)25-26-36-32(27-37-39(6,7)33(3,4)5)28-38-34(29-19-13-10-14-20-29,30-21-15-11-16-22-30)31-23-17-12-18-24-31/h10-24,32H,8-9,25-28H2,1-7H3/t32-/m0/s1. The first kappa shape index (κ1) is 31.6.